The molecule has 174 valence electrons. The maximum atomic E-state index is 4.95. The minimum atomic E-state index is 0.450. The molecule has 0 radical (unpaired) electrons. The number of pyridine rings is 2. The zero-order valence-electron chi connectivity index (χ0n) is 19.3. The summed E-state index contributed by atoms with van der Waals surface area (Å²) < 4.78 is 0. The lowest BCUT2D eigenvalue weighted by Gasteiger charge is -2.41. The van der Waals surface area contributed by atoms with Crippen molar-refractivity contribution >= 4 is 28.4 Å². The van der Waals surface area contributed by atoms with Crippen LogP contribution >= 0.6 is 0 Å². The number of nitrogens with one attached hydrogen (secondary N) is 4. The molecule has 8 nitrogen and oxygen atoms in total. The molecule has 6 heterocycles. The second-order valence-corrected chi connectivity index (χ2v) is 10.1. The molecule has 0 aliphatic carbocycles. The summed E-state index contributed by atoms with van der Waals surface area (Å²) in [4.78, 5) is 12.4. The Morgan fingerprint density at radius 3 is 2.64 bits per heavy atom. The largest absolute Gasteiger partial charge is 0.367 e. The van der Waals surface area contributed by atoms with Crippen LogP contribution in [0.25, 0.3) is 10.9 Å². The van der Waals surface area contributed by atoms with E-state index in [0.29, 0.717) is 18.1 Å². The number of aromatic nitrogens is 4. The van der Waals surface area contributed by atoms with Crippen LogP contribution in [-0.4, -0.2) is 62.8 Å². The molecule has 6 rings (SSSR count). The van der Waals surface area contributed by atoms with Gasteiger partial charge in [0.05, 0.1) is 5.52 Å². The van der Waals surface area contributed by atoms with E-state index in [1.165, 1.54) is 58.2 Å². The van der Waals surface area contributed by atoms with E-state index in [-0.39, 0.29) is 0 Å². The molecule has 1 unspecified atom stereocenters. The van der Waals surface area contributed by atoms with Crippen LogP contribution in [0, 0.1) is 12.8 Å². The summed E-state index contributed by atoms with van der Waals surface area (Å²) in [6.45, 7) is 5.66. The summed E-state index contributed by atoms with van der Waals surface area (Å²) in [6, 6.07) is 9.93. The van der Waals surface area contributed by atoms with E-state index in [1.807, 2.05) is 31.3 Å². The number of nitrogens with zero attached hydrogens (tertiary/aromatic N) is 4. The first-order valence-electron chi connectivity index (χ1n) is 12.5. The van der Waals surface area contributed by atoms with Crippen LogP contribution in [0.5, 0.6) is 0 Å². The molecule has 0 spiro atoms. The SMILES string of the molecule is Cc1cc(Nc2cc3ncccc3c(NC3C[C@H]4CC[C@@H](C3)N4CC3CCNCC3)n2)n[nH]1. The number of anilines is 3. The van der Waals surface area contributed by atoms with E-state index in [0.717, 1.165) is 40.0 Å². The van der Waals surface area contributed by atoms with Crippen molar-refractivity contribution in [2.45, 2.75) is 63.6 Å². The number of hydrogen-bond donors (Lipinski definition) is 4. The van der Waals surface area contributed by atoms with Crippen LogP contribution in [0.15, 0.2) is 30.5 Å². The summed E-state index contributed by atoms with van der Waals surface area (Å²) in [6.07, 6.45) is 9.56. The van der Waals surface area contributed by atoms with E-state index < -0.39 is 0 Å². The molecule has 0 saturated carbocycles. The van der Waals surface area contributed by atoms with Gasteiger partial charge in [-0.05, 0) is 76.6 Å². The smallest absolute Gasteiger partial charge is 0.153 e. The Morgan fingerprint density at radius 2 is 1.88 bits per heavy atom. The lowest BCUT2D eigenvalue weighted by Crippen LogP contribution is -2.49. The molecule has 0 amide bonds. The van der Waals surface area contributed by atoms with Gasteiger partial charge in [0.1, 0.15) is 11.6 Å². The van der Waals surface area contributed by atoms with Gasteiger partial charge >= 0.3 is 0 Å². The van der Waals surface area contributed by atoms with Crippen LogP contribution in [0.3, 0.4) is 0 Å². The number of piperidine rings is 2. The van der Waals surface area contributed by atoms with E-state index >= 15 is 0 Å². The molecule has 3 fully saturated rings. The van der Waals surface area contributed by atoms with E-state index in [4.69, 9.17) is 4.98 Å². The van der Waals surface area contributed by atoms with Gasteiger partial charge in [0.2, 0.25) is 0 Å². The molecular weight excluding hydrogens is 412 g/mol. The molecule has 3 aliphatic heterocycles. The van der Waals surface area contributed by atoms with Gasteiger partial charge in [-0.1, -0.05) is 0 Å². The number of fused-ring (bicyclic) bond motifs is 3. The molecule has 8 heteroatoms. The second kappa shape index (κ2) is 8.91. The predicted molar refractivity (Wildman–Crippen MR) is 132 cm³/mol. The maximum Gasteiger partial charge on any atom is 0.153 e. The fourth-order valence-corrected chi connectivity index (χ4v) is 6.11. The van der Waals surface area contributed by atoms with Gasteiger partial charge < -0.3 is 16.0 Å². The minimum Gasteiger partial charge on any atom is -0.367 e. The fourth-order valence-electron chi connectivity index (χ4n) is 6.11. The standard InChI is InChI=1S/C25H34N8/c1-16-11-24(32-31-16)29-23-14-22-21(3-2-8-27-22)25(30-23)28-18-12-19-4-5-20(13-18)33(19)15-17-6-9-26-10-7-17/h2-3,8,11,14,17-20,26H,4-7,9-10,12-13,15H2,1H3,(H3,28,29,30,31,32)/t18?,19-,20+. The van der Waals surface area contributed by atoms with Gasteiger partial charge in [-0.2, -0.15) is 5.10 Å². The van der Waals surface area contributed by atoms with E-state index in [1.54, 1.807) is 0 Å². The highest BCUT2D eigenvalue weighted by Crippen LogP contribution is 2.38. The fraction of sp³-hybridized carbons (Fsp3) is 0.560. The predicted octanol–water partition coefficient (Wildman–Crippen LogP) is 3.81. The monoisotopic (exact) mass is 446 g/mol. The Morgan fingerprint density at radius 1 is 1.06 bits per heavy atom. The lowest BCUT2D eigenvalue weighted by molar-refractivity contribution is 0.102. The van der Waals surface area contributed by atoms with Crippen molar-refractivity contribution in [2.24, 2.45) is 5.92 Å². The summed E-state index contributed by atoms with van der Waals surface area (Å²) >= 11 is 0. The Balaban J connectivity index is 1.19. The van der Waals surface area contributed by atoms with Crippen molar-refractivity contribution < 1.29 is 0 Å². The average Bonchev–Trinajstić information content (AvgIpc) is 3.33. The van der Waals surface area contributed by atoms with Crippen LogP contribution in [0.4, 0.5) is 17.5 Å². The molecular formula is C25H34N8. The Labute approximate surface area is 195 Å². The van der Waals surface area contributed by atoms with Gasteiger partial charge in [-0.15, -0.1) is 0 Å². The molecule has 3 saturated heterocycles. The zero-order chi connectivity index (χ0) is 22.2. The molecule has 3 aliphatic rings. The summed E-state index contributed by atoms with van der Waals surface area (Å²) in [5.74, 6) is 3.32. The Kier molecular flexibility index (Phi) is 5.63. The van der Waals surface area contributed by atoms with Crippen LogP contribution in [-0.2, 0) is 0 Å². The van der Waals surface area contributed by atoms with Crippen LogP contribution < -0.4 is 16.0 Å². The van der Waals surface area contributed by atoms with Gasteiger partial charge in [0, 0.05) is 54.1 Å². The first kappa shape index (κ1) is 20.9. The number of hydrogen-bond acceptors (Lipinski definition) is 7. The first-order chi connectivity index (χ1) is 16.2. The average molecular weight is 447 g/mol. The second-order valence-electron chi connectivity index (χ2n) is 10.1. The van der Waals surface area contributed by atoms with Gasteiger partial charge in [0.15, 0.2) is 5.82 Å². The van der Waals surface area contributed by atoms with Gasteiger partial charge in [-0.3, -0.25) is 15.0 Å². The number of rotatable bonds is 6. The van der Waals surface area contributed by atoms with Crippen molar-refractivity contribution in [1.82, 2.24) is 30.4 Å². The Bertz CT molecular complexity index is 1090. The summed E-state index contributed by atoms with van der Waals surface area (Å²) in [7, 11) is 0. The lowest BCUT2D eigenvalue weighted by atomic mass is 9.92. The van der Waals surface area contributed by atoms with Crippen molar-refractivity contribution in [1.29, 1.82) is 0 Å². The number of aryl methyl sites for hydroxylation is 1. The van der Waals surface area contributed by atoms with Crippen LogP contribution in [0.1, 0.15) is 44.2 Å². The molecule has 33 heavy (non-hydrogen) atoms. The number of H-pyrrole nitrogens is 1. The third-order valence-corrected chi connectivity index (χ3v) is 7.71. The van der Waals surface area contributed by atoms with Gasteiger partial charge in [0.25, 0.3) is 0 Å². The third kappa shape index (κ3) is 4.42. The molecule has 2 bridgehead atoms. The minimum absolute atomic E-state index is 0.450. The number of aromatic amines is 1. The first-order valence-corrected chi connectivity index (χ1v) is 12.5. The highest BCUT2D eigenvalue weighted by molar-refractivity contribution is 5.91. The third-order valence-electron chi connectivity index (χ3n) is 7.71. The summed E-state index contributed by atoms with van der Waals surface area (Å²) in [5, 5.41) is 19.0. The highest BCUT2D eigenvalue weighted by atomic mass is 15.2. The maximum absolute atomic E-state index is 4.95. The molecule has 4 N–H and O–H groups in total. The van der Waals surface area contributed by atoms with Crippen molar-refractivity contribution in [3.05, 3.63) is 36.2 Å². The van der Waals surface area contributed by atoms with Crippen molar-refractivity contribution in [2.75, 3.05) is 30.3 Å². The zero-order valence-corrected chi connectivity index (χ0v) is 19.3. The molecule has 3 aromatic heterocycles. The van der Waals surface area contributed by atoms with Gasteiger partial charge in [-0.25, -0.2) is 4.98 Å². The molecule has 0 aromatic carbocycles. The molecule has 3 aromatic rings. The van der Waals surface area contributed by atoms with Crippen molar-refractivity contribution in [3.8, 4) is 0 Å². The normalized spacial score (nSPS) is 26.0. The Hall–Kier alpha value is -2.71. The van der Waals surface area contributed by atoms with E-state index in [2.05, 4.69) is 42.1 Å². The highest BCUT2D eigenvalue weighted by Gasteiger charge is 2.41. The summed E-state index contributed by atoms with van der Waals surface area (Å²) in [5.41, 5.74) is 1.96. The van der Waals surface area contributed by atoms with Crippen molar-refractivity contribution in [3.63, 3.8) is 0 Å². The topological polar surface area (TPSA) is 93.8 Å². The molecule has 3 atom stereocenters. The quantitative estimate of drug-likeness (QED) is 0.457. The van der Waals surface area contributed by atoms with Crippen LogP contribution in [0.2, 0.25) is 0 Å². The van der Waals surface area contributed by atoms with E-state index in [9.17, 15) is 0 Å².